The van der Waals surface area contributed by atoms with Gasteiger partial charge in [0.15, 0.2) is 11.5 Å². The summed E-state index contributed by atoms with van der Waals surface area (Å²) in [6, 6.07) is 11.4. The predicted octanol–water partition coefficient (Wildman–Crippen LogP) is 3.14. The molecule has 0 aromatic heterocycles. The average Bonchev–Trinajstić information content (AvgIpc) is 2.75. The Kier molecular flexibility index (Phi) is 6.42. The summed E-state index contributed by atoms with van der Waals surface area (Å²) in [5.74, 6) is 1.42. The third-order valence-electron chi connectivity index (χ3n) is 5.31. The van der Waals surface area contributed by atoms with Crippen molar-refractivity contribution in [3.63, 3.8) is 0 Å². The molecular formula is C23H28N2O4. The molecule has 2 aromatic carbocycles. The van der Waals surface area contributed by atoms with Gasteiger partial charge in [-0.1, -0.05) is 26.0 Å². The maximum absolute atomic E-state index is 12.6. The Hall–Kier alpha value is -3.02. The second-order valence-electron chi connectivity index (χ2n) is 7.50. The Morgan fingerprint density at radius 2 is 1.66 bits per heavy atom. The van der Waals surface area contributed by atoms with Crippen molar-refractivity contribution >= 4 is 11.8 Å². The molecule has 0 fully saturated rings. The molecule has 0 saturated heterocycles. The Bertz CT molecular complexity index is 890. The largest absolute Gasteiger partial charge is 0.493 e. The molecule has 154 valence electrons. The van der Waals surface area contributed by atoms with Crippen molar-refractivity contribution in [2.24, 2.45) is 0 Å². The Balaban J connectivity index is 1.60. The summed E-state index contributed by atoms with van der Waals surface area (Å²) in [7, 11) is 3.21. The van der Waals surface area contributed by atoms with Crippen molar-refractivity contribution in [2.45, 2.75) is 32.7 Å². The van der Waals surface area contributed by atoms with E-state index in [1.165, 1.54) is 5.56 Å². The van der Waals surface area contributed by atoms with Crippen LogP contribution in [0, 0.1) is 0 Å². The molecule has 0 radical (unpaired) electrons. The van der Waals surface area contributed by atoms with E-state index in [4.69, 9.17) is 9.47 Å². The molecule has 1 N–H and O–H groups in total. The minimum absolute atomic E-state index is 0.0204. The van der Waals surface area contributed by atoms with E-state index in [2.05, 4.69) is 19.2 Å². The Morgan fingerprint density at radius 3 is 2.24 bits per heavy atom. The summed E-state index contributed by atoms with van der Waals surface area (Å²) in [5.41, 5.74) is 3.93. The molecule has 0 saturated carbocycles. The third-order valence-corrected chi connectivity index (χ3v) is 5.31. The quantitative estimate of drug-likeness (QED) is 0.815. The van der Waals surface area contributed by atoms with Crippen LogP contribution in [0.3, 0.4) is 0 Å². The van der Waals surface area contributed by atoms with E-state index in [9.17, 15) is 9.59 Å². The van der Waals surface area contributed by atoms with Crippen molar-refractivity contribution in [3.8, 4) is 11.5 Å². The number of benzene rings is 2. The number of fused-ring (bicyclic) bond motifs is 1. The van der Waals surface area contributed by atoms with Gasteiger partial charge in [-0.05, 0) is 53.3 Å². The summed E-state index contributed by atoms with van der Waals surface area (Å²) in [5, 5.41) is 2.73. The van der Waals surface area contributed by atoms with Crippen LogP contribution in [0.25, 0.3) is 0 Å². The van der Waals surface area contributed by atoms with Crippen molar-refractivity contribution in [1.29, 1.82) is 0 Å². The molecule has 1 aliphatic heterocycles. The van der Waals surface area contributed by atoms with E-state index in [0.29, 0.717) is 36.1 Å². The van der Waals surface area contributed by atoms with Gasteiger partial charge >= 0.3 is 0 Å². The fourth-order valence-electron chi connectivity index (χ4n) is 3.49. The molecule has 1 aliphatic rings. The lowest BCUT2D eigenvalue weighted by atomic mass is 9.98. The van der Waals surface area contributed by atoms with Crippen molar-refractivity contribution in [3.05, 3.63) is 58.7 Å². The molecule has 0 aliphatic carbocycles. The highest BCUT2D eigenvalue weighted by Crippen LogP contribution is 2.33. The molecule has 0 bridgehead atoms. The molecule has 6 heteroatoms. The van der Waals surface area contributed by atoms with Crippen molar-refractivity contribution in [2.75, 3.05) is 27.3 Å². The number of carbonyl (C=O) groups is 2. The van der Waals surface area contributed by atoms with Gasteiger partial charge in [-0.25, -0.2) is 0 Å². The number of methoxy groups -OCH3 is 2. The average molecular weight is 396 g/mol. The first kappa shape index (κ1) is 20.7. The summed E-state index contributed by atoms with van der Waals surface area (Å²) >= 11 is 0. The number of carbonyl (C=O) groups excluding carboxylic acids is 2. The van der Waals surface area contributed by atoms with Gasteiger partial charge in [0.1, 0.15) is 0 Å². The number of nitrogens with zero attached hydrogens (tertiary/aromatic N) is 1. The number of rotatable bonds is 6. The molecule has 0 atom stereocenters. The maximum Gasteiger partial charge on any atom is 0.251 e. The highest BCUT2D eigenvalue weighted by atomic mass is 16.5. The van der Waals surface area contributed by atoms with Gasteiger partial charge in [-0.3, -0.25) is 9.59 Å². The Labute approximate surface area is 171 Å². The number of hydrogen-bond acceptors (Lipinski definition) is 4. The van der Waals surface area contributed by atoms with Crippen molar-refractivity contribution < 1.29 is 19.1 Å². The first-order chi connectivity index (χ1) is 13.9. The van der Waals surface area contributed by atoms with E-state index < -0.39 is 0 Å². The number of ether oxygens (including phenoxy) is 2. The van der Waals surface area contributed by atoms with E-state index >= 15 is 0 Å². The van der Waals surface area contributed by atoms with Crippen LogP contribution < -0.4 is 14.8 Å². The highest BCUT2D eigenvalue weighted by molar-refractivity contribution is 5.96. The number of hydrogen-bond donors (Lipinski definition) is 1. The lowest BCUT2D eigenvalue weighted by Gasteiger charge is -2.29. The fraction of sp³-hybridized carbons (Fsp3) is 0.391. The monoisotopic (exact) mass is 396 g/mol. The normalized spacial score (nSPS) is 13.1. The van der Waals surface area contributed by atoms with Crippen LogP contribution in [0.5, 0.6) is 11.5 Å². The zero-order chi connectivity index (χ0) is 21.0. The molecule has 6 nitrogen and oxygen atoms in total. The lowest BCUT2D eigenvalue weighted by Crippen LogP contribution is -2.42. The van der Waals surface area contributed by atoms with Crippen LogP contribution in [0.4, 0.5) is 0 Å². The van der Waals surface area contributed by atoms with Crippen LogP contribution in [-0.4, -0.2) is 44.0 Å². The molecule has 1 heterocycles. The number of amides is 2. The molecule has 29 heavy (non-hydrogen) atoms. The van der Waals surface area contributed by atoms with Gasteiger partial charge in [0.2, 0.25) is 5.91 Å². The Morgan fingerprint density at radius 1 is 1.03 bits per heavy atom. The minimum Gasteiger partial charge on any atom is -0.493 e. The minimum atomic E-state index is -0.238. The summed E-state index contributed by atoms with van der Waals surface area (Å²) < 4.78 is 10.7. The standard InChI is InChI=1S/C23H28N2O4/c1-15(2)16-5-7-17(8-6-16)23(27)24-13-22(26)25-10-9-18-11-20(28-3)21(29-4)12-19(18)14-25/h5-8,11-12,15H,9-10,13-14H2,1-4H3,(H,24,27). The first-order valence-corrected chi connectivity index (χ1v) is 9.82. The molecule has 3 rings (SSSR count). The summed E-state index contributed by atoms with van der Waals surface area (Å²) in [6.07, 6.45) is 0.742. The SMILES string of the molecule is COc1cc2c(cc1OC)CN(C(=O)CNC(=O)c1ccc(C(C)C)cc1)CC2. The maximum atomic E-state index is 12.6. The highest BCUT2D eigenvalue weighted by Gasteiger charge is 2.23. The van der Waals surface area contributed by atoms with Gasteiger partial charge in [0.25, 0.3) is 5.91 Å². The summed E-state index contributed by atoms with van der Waals surface area (Å²) in [6.45, 7) is 5.30. The molecule has 2 amide bonds. The van der Waals surface area contributed by atoms with E-state index in [0.717, 1.165) is 17.5 Å². The molecule has 0 unspecified atom stereocenters. The van der Waals surface area contributed by atoms with Gasteiger partial charge < -0.3 is 19.7 Å². The van der Waals surface area contributed by atoms with Crippen LogP contribution >= 0.6 is 0 Å². The van der Waals surface area contributed by atoms with Gasteiger partial charge in [0, 0.05) is 18.7 Å². The number of nitrogens with one attached hydrogen (secondary N) is 1. The molecule has 2 aromatic rings. The van der Waals surface area contributed by atoms with E-state index in [1.54, 1.807) is 31.3 Å². The van der Waals surface area contributed by atoms with Crippen molar-refractivity contribution in [1.82, 2.24) is 10.2 Å². The van der Waals surface area contributed by atoms with Gasteiger partial charge in [0.05, 0.1) is 20.8 Å². The van der Waals surface area contributed by atoms with E-state index in [-0.39, 0.29) is 18.4 Å². The summed E-state index contributed by atoms with van der Waals surface area (Å²) in [4.78, 5) is 26.7. The second-order valence-corrected chi connectivity index (χ2v) is 7.50. The van der Waals surface area contributed by atoms with Crippen LogP contribution in [-0.2, 0) is 17.8 Å². The fourth-order valence-corrected chi connectivity index (χ4v) is 3.49. The zero-order valence-corrected chi connectivity index (χ0v) is 17.5. The van der Waals surface area contributed by atoms with Crippen LogP contribution in [0.1, 0.15) is 46.8 Å². The molecule has 0 spiro atoms. The van der Waals surface area contributed by atoms with E-state index in [1.807, 2.05) is 24.3 Å². The lowest BCUT2D eigenvalue weighted by molar-refractivity contribution is -0.131. The predicted molar refractivity (Wildman–Crippen MR) is 112 cm³/mol. The second kappa shape index (κ2) is 8.99. The zero-order valence-electron chi connectivity index (χ0n) is 17.5. The first-order valence-electron chi connectivity index (χ1n) is 9.82. The topological polar surface area (TPSA) is 67.9 Å². The smallest absolute Gasteiger partial charge is 0.251 e. The van der Waals surface area contributed by atoms with Gasteiger partial charge in [-0.15, -0.1) is 0 Å². The van der Waals surface area contributed by atoms with Gasteiger partial charge in [-0.2, -0.15) is 0 Å². The third kappa shape index (κ3) is 4.70. The molecular weight excluding hydrogens is 368 g/mol. The van der Waals surface area contributed by atoms with Crippen LogP contribution in [0.15, 0.2) is 36.4 Å². The van der Waals surface area contributed by atoms with Crippen LogP contribution in [0.2, 0.25) is 0 Å².